The van der Waals surface area contributed by atoms with E-state index in [0.717, 1.165) is 38.3 Å². The lowest BCUT2D eigenvalue weighted by Crippen LogP contribution is -2.63. The van der Waals surface area contributed by atoms with Crippen molar-refractivity contribution in [1.82, 2.24) is 20.1 Å². The maximum Gasteiger partial charge on any atom is 0.141 e. The number of hydrogen-bond acceptors (Lipinski definition) is 4. The predicted octanol–water partition coefficient (Wildman–Crippen LogP) is 0.481. The molecular formula is C13H19FN4. The van der Waals surface area contributed by atoms with Crippen LogP contribution in [0, 0.1) is 5.82 Å². The monoisotopic (exact) mass is 250 g/mol. The molecule has 0 radical (unpaired) electrons. The number of likely N-dealkylation sites (N-methyl/N-ethyl adjacent to an activating group) is 1. The van der Waals surface area contributed by atoms with E-state index in [1.165, 1.54) is 6.20 Å². The van der Waals surface area contributed by atoms with Crippen molar-refractivity contribution in [3.63, 3.8) is 0 Å². The van der Waals surface area contributed by atoms with Crippen LogP contribution in [0.3, 0.4) is 0 Å². The van der Waals surface area contributed by atoms with Crippen LogP contribution in [-0.2, 0) is 0 Å². The molecule has 3 aliphatic heterocycles. The molecule has 1 aromatic rings. The Balaban J connectivity index is 1.84. The highest BCUT2D eigenvalue weighted by molar-refractivity contribution is 5.18. The van der Waals surface area contributed by atoms with E-state index in [-0.39, 0.29) is 11.9 Å². The van der Waals surface area contributed by atoms with Gasteiger partial charge in [0.1, 0.15) is 5.82 Å². The number of piperazine rings is 3. The van der Waals surface area contributed by atoms with Gasteiger partial charge < -0.3 is 5.32 Å². The van der Waals surface area contributed by atoms with Gasteiger partial charge in [0.25, 0.3) is 0 Å². The second kappa shape index (κ2) is 4.91. The van der Waals surface area contributed by atoms with Crippen LogP contribution in [0.2, 0.25) is 0 Å². The first-order chi connectivity index (χ1) is 8.78. The molecule has 3 aliphatic rings. The normalized spacial score (nSPS) is 32.4. The Morgan fingerprint density at radius 1 is 1.33 bits per heavy atom. The number of hydrogen-bond donors (Lipinski definition) is 1. The van der Waals surface area contributed by atoms with Crippen molar-refractivity contribution in [2.75, 3.05) is 39.8 Å². The van der Waals surface area contributed by atoms with Crippen LogP contribution >= 0.6 is 0 Å². The zero-order valence-corrected chi connectivity index (χ0v) is 10.6. The molecule has 5 heteroatoms. The van der Waals surface area contributed by atoms with E-state index in [1.54, 1.807) is 12.3 Å². The summed E-state index contributed by atoms with van der Waals surface area (Å²) in [5.41, 5.74) is 0.941. The summed E-state index contributed by atoms with van der Waals surface area (Å²) in [5, 5.41) is 3.33. The van der Waals surface area contributed by atoms with Crippen LogP contribution in [-0.4, -0.2) is 60.6 Å². The molecule has 0 aromatic carbocycles. The Labute approximate surface area is 107 Å². The van der Waals surface area contributed by atoms with Gasteiger partial charge in [-0.2, -0.15) is 0 Å². The summed E-state index contributed by atoms with van der Waals surface area (Å²) in [6.07, 6.45) is 3.02. The van der Waals surface area contributed by atoms with Gasteiger partial charge in [0.05, 0.1) is 12.2 Å². The van der Waals surface area contributed by atoms with Crippen molar-refractivity contribution in [2.24, 2.45) is 0 Å². The third kappa shape index (κ3) is 2.13. The molecule has 1 N–H and O–H groups in total. The smallest absolute Gasteiger partial charge is 0.141 e. The van der Waals surface area contributed by atoms with Crippen molar-refractivity contribution in [3.05, 3.63) is 29.8 Å². The minimum Gasteiger partial charge on any atom is -0.312 e. The number of halogens is 1. The summed E-state index contributed by atoms with van der Waals surface area (Å²) < 4.78 is 13.3. The molecule has 1 aromatic heterocycles. The Hall–Kier alpha value is -1.04. The minimum absolute atomic E-state index is 0.149. The number of aromatic nitrogens is 1. The summed E-state index contributed by atoms with van der Waals surface area (Å²) in [7, 11) is 1.94. The summed E-state index contributed by atoms with van der Waals surface area (Å²) >= 11 is 0. The Morgan fingerprint density at radius 3 is 2.67 bits per heavy atom. The maximum absolute atomic E-state index is 13.3. The van der Waals surface area contributed by atoms with Gasteiger partial charge in [-0.05, 0) is 18.7 Å². The number of nitrogens with one attached hydrogen (secondary N) is 1. The molecule has 98 valence electrons. The predicted molar refractivity (Wildman–Crippen MR) is 67.8 cm³/mol. The highest BCUT2D eigenvalue weighted by atomic mass is 19.1. The van der Waals surface area contributed by atoms with Gasteiger partial charge in [-0.15, -0.1) is 0 Å². The average molecular weight is 250 g/mol. The lowest BCUT2D eigenvalue weighted by molar-refractivity contribution is -0.00263. The van der Waals surface area contributed by atoms with E-state index >= 15 is 0 Å². The number of rotatable bonds is 3. The fourth-order valence-corrected chi connectivity index (χ4v) is 3.15. The highest BCUT2D eigenvalue weighted by Gasteiger charge is 2.36. The molecule has 3 fully saturated rings. The van der Waals surface area contributed by atoms with E-state index in [9.17, 15) is 4.39 Å². The Kier molecular flexibility index (Phi) is 3.28. The molecular weight excluding hydrogens is 231 g/mol. The van der Waals surface area contributed by atoms with Crippen molar-refractivity contribution in [1.29, 1.82) is 0 Å². The molecule has 4 heterocycles. The van der Waals surface area contributed by atoms with Crippen molar-refractivity contribution >= 4 is 0 Å². The molecule has 2 atom stereocenters. The molecule has 2 unspecified atom stereocenters. The average Bonchev–Trinajstić information content (AvgIpc) is 2.41. The number of pyridine rings is 1. The zero-order valence-electron chi connectivity index (χ0n) is 10.6. The minimum atomic E-state index is -0.260. The second-order valence-corrected chi connectivity index (χ2v) is 5.11. The van der Waals surface area contributed by atoms with Gasteiger partial charge in [-0.1, -0.05) is 0 Å². The van der Waals surface area contributed by atoms with E-state index in [4.69, 9.17) is 0 Å². The first kappa shape index (κ1) is 12.0. The lowest BCUT2D eigenvalue weighted by Gasteiger charge is -2.50. The van der Waals surface area contributed by atoms with Gasteiger partial charge in [-0.3, -0.25) is 14.8 Å². The van der Waals surface area contributed by atoms with Crippen molar-refractivity contribution < 1.29 is 4.39 Å². The third-order valence-electron chi connectivity index (χ3n) is 4.10. The molecule has 4 rings (SSSR count). The summed E-state index contributed by atoms with van der Waals surface area (Å²) in [6.45, 7) is 5.61. The number of fused-ring (bicyclic) bond motifs is 3. The maximum atomic E-state index is 13.3. The van der Waals surface area contributed by atoms with Gasteiger partial charge in [0.2, 0.25) is 0 Å². The summed E-state index contributed by atoms with van der Waals surface area (Å²) in [5.74, 6) is -0.260. The summed E-state index contributed by atoms with van der Waals surface area (Å²) in [4.78, 5) is 8.96. The van der Waals surface area contributed by atoms with Crippen LogP contribution in [0.15, 0.2) is 18.5 Å². The molecule has 0 amide bonds. The van der Waals surface area contributed by atoms with Crippen LogP contribution in [0.1, 0.15) is 11.6 Å². The SMILES string of the molecule is CNC(c1cncc(F)c1)C1CN2CCN1CC2. The van der Waals surface area contributed by atoms with Crippen molar-refractivity contribution in [2.45, 2.75) is 12.1 Å². The van der Waals surface area contributed by atoms with E-state index in [1.807, 2.05) is 7.05 Å². The highest BCUT2D eigenvalue weighted by Crippen LogP contribution is 2.26. The molecule has 0 saturated carbocycles. The topological polar surface area (TPSA) is 31.4 Å². The van der Waals surface area contributed by atoms with Crippen molar-refractivity contribution in [3.8, 4) is 0 Å². The molecule has 2 bridgehead atoms. The molecule has 3 saturated heterocycles. The summed E-state index contributed by atoms with van der Waals surface area (Å²) in [6, 6.07) is 2.16. The largest absolute Gasteiger partial charge is 0.312 e. The third-order valence-corrected chi connectivity index (χ3v) is 4.10. The van der Waals surface area contributed by atoms with Gasteiger partial charge >= 0.3 is 0 Å². The fourth-order valence-electron chi connectivity index (χ4n) is 3.15. The van der Waals surface area contributed by atoms with Crippen LogP contribution in [0.4, 0.5) is 4.39 Å². The molecule has 0 spiro atoms. The zero-order chi connectivity index (χ0) is 12.5. The van der Waals surface area contributed by atoms with Gasteiger partial charge in [0.15, 0.2) is 0 Å². The second-order valence-electron chi connectivity index (χ2n) is 5.11. The van der Waals surface area contributed by atoms with Crippen LogP contribution in [0.5, 0.6) is 0 Å². The molecule has 18 heavy (non-hydrogen) atoms. The van der Waals surface area contributed by atoms with E-state index in [0.29, 0.717) is 6.04 Å². The standard InChI is InChI=1S/C13H19FN4/c1-15-13(10-6-11(14)8-16-7-10)12-9-17-2-4-18(12)5-3-17/h6-8,12-13,15H,2-5,9H2,1H3. The first-order valence-corrected chi connectivity index (χ1v) is 6.52. The molecule has 0 aliphatic carbocycles. The van der Waals surface area contributed by atoms with Crippen LogP contribution < -0.4 is 5.32 Å². The Morgan fingerprint density at radius 2 is 2.11 bits per heavy atom. The van der Waals surface area contributed by atoms with Crippen LogP contribution in [0.25, 0.3) is 0 Å². The molecule has 4 nitrogen and oxygen atoms in total. The lowest BCUT2D eigenvalue weighted by atomic mass is 9.95. The first-order valence-electron chi connectivity index (χ1n) is 6.52. The number of nitrogens with zero attached hydrogens (tertiary/aromatic N) is 3. The fraction of sp³-hybridized carbons (Fsp3) is 0.615. The van der Waals surface area contributed by atoms with Gasteiger partial charge in [-0.25, -0.2) is 4.39 Å². The van der Waals surface area contributed by atoms with Gasteiger partial charge in [0, 0.05) is 45.0 Å². The van der Waals surface area contributed by atoms with E-state index < -0.39 is 0 Å². The van der Waals surface area contributed by atoms with E-state index in [2.05, 4.69) is 20.1 Å². The Bertz CT molecular complexity index is 417. The quantitative estimate of drug-likeness (QED) is 0.845.